The Labute approximate surface area is 134 Å². The summed E-state index contributed by atoms with van der Waals surface area (Å²) in [5.41, 5.74) is 1.97. The van der Waals surface area contributed by atoms with E-state index in [4.69, 9.17) is 17.0 Å². The van der Waals surface area contributed by atoms with Crippen LogP contribution in [0.15, 0.2) is 54.6 Å². The number of H-pyrrole nitrogens is 1. The molecule has 1 aromatic heterocycles. The molecule has 0 aliphatic rings. The fourth-order valence-corrected chi connectivity index (χ4v) is 2.46. The molecule has 5 heteroatoms. The third kappa shape index (κ3) is 2.94. The quantitative estimate of drug-likeness (QED) is 0.711. The van der Waals surface area contributed by atoms with Gasteiger partial charge in [-0.2, -0.15) is 5.10 Å². The van der Waals surface area contributed by atoms with Crippen LogP contribution in [0.5, 0.6) is 5.75 Å². The van der Waals surface area contributed by atoms with Gasteiger partial charge in [-0.15, -0.1) is 0 Å². The Balaban J connectivity index is 1.98. The van der Waals surface area contributed by atoms with Crippen LogP contribution in [0.25, 0.3) is 17.1 Å². The van der Waals surface area contributed by atoms with Crippen molar-refractivity contribution in [3.05, 3.63) is 59.4 Å². The fourth-order valence-electron chi connectivity index (χ4n) is 2.23. The number of hydrogen-bond acceptors (Lipinski definition) is 3. The van der Waals surface area contributed by atoms with Crippen molar-refractivity contribution in [3.8, 4) is 22.8 Å². The number of nitrogens with one attached hydrogen (secondary N) is 1. The van der Waals surface area contributed by atoms with E-state index < -0.39 is 0 Å². The van der Waals surface area contributed by atoms with Gasteiger partial charge in [0.15, 0.2) is 10.6 Å². The number of aromatic amines is 1. The third-order valence-corrected chi connectivity index (χ3v) is 3.55. The normalized spacial score (nSPS) is 10.6. The molecule has 112 valence electrons. The highest BCUT2D eigenvalue weighted by molar-refractivity contribution is 7.71. The van der Waals surface area contributed by atoms with E-state index in [1.807, 2.05) is 59.2 Å². The molecule has 0 bridgehead atoms. The lowest BCUT2D eigenvalue weighted by Crippen LogP contribution is -1.98. The van der Waals surface area contributed by atoms with Crippen molar-refractivity contribution in [1.29, 1.82) is 0 Å². The molecule has 1 N–H and O–H groups in total. The van der Waals surface area contributed by atoms with Crippen LogP contribution in [0.3, 0.4) is 0 Å². The molecule has 0 atom stereocenters. The van der Waals surface area contributed by atoms with Crippen molar-refractivity contribution in [2.75, 3.05) is 6.61 Å². The Morgan fingerprint density at radius 2 is 1.82 bits per heavy atom. The van der Waals surface area contributed by atoms with Crippen LogP contribution in [0.4, 0.5) is 0 Å². The number of hydrogen-bond donors (Lipinski definition) is 1. The maximum atomic E-state index is 5.61. The fraction of sp³-hybridized carbons (Fsp3) is 0.176. The standard InChI is InChI=1S/C17H17N3OS/c1-2-12-21-15-10-8-13(9-11-15)16-18-19-17(22)20(16)14-6-4-3-5-7-14/h3-11H,2,12H2,1H3,(H,19,22). The molecule has 0 saturated carbocycles. The topological polar surface area (TPSA) is 42.8 Å². The van der Waals surface area contributed by atoms with Gasteiger partial charge in [0.2, 0.25) is 0 Å². The van der Waals surface area contributed by atoms with E-state index in [1.54, 1.807) is 0 Å². The van der Waals surface area contributed by atoms with Gasteiger partial charge >= 0.3 is 0 Å². The summed E-state index contributed by atoms with van der Waals surface area (Å²) in [6.45, 7) is 2.81. The average molecular weight is 311 g/mol. The van der Waals surface area contributed by atoms with Crippen molar-refractivity contribution < 1.29 is 4.74 Å². The van der Waals surface area contributed by atoms with E-state index >= 15 is 0 Å². The lowest BCUT2D eigenvalue weighted by molar-refractivity contribution is 0.317. The van der Waals surface area contributed by atoms with Gasteiger partial charge in [0.05, 0.1) is 6.61 Å². The van der Waals surface area contributed by atoms with E-state index in [-0.39, 0.29) is 0 Å². The molecule has 0 aliphatic carbocycles. The van der Waals surface area contributed by atoms with Gasteiger partial charge in [-0.25, -0.2) is 0 Å². The number of nitrogens with zero attached hydrogens (tertiary/aromatic N) is 2. The number of aromatic nitrogens is 3. The van der Waals surface area contributed by atoms with Crippen LogP contribution in [0, 0.1) is 4.77 Å². The van der Waals surface area contributed by atoms with Crippen LogP contribution in [-0.2, 0) is 0 Å². The molecule has 0 unspecified atom stereocenters. The Morgan fingerprint density at radius 1 is 1.09 bits per heavy atom. The SMILES string of the molecule is CCCOc1ccc(-c2n[nH]c(=S)n2-c2ccccc2)cc1. The van der Waals surface area contributed by atoms with Crippen LogP contribution in [-0.4, -0.2) is 21.4 Å². The number of para-hydroxylation sites is 1. The first-order valence-corrected chi connectivity index (χ1v) is 7.66. The minimum absolute atomic E-state index is 0.576. The van der Waals surface area contributed by atoms with Gasteiger partial charge in [0.1, 0.15) is 5.75 Å². The van der Waals surface area contributed by atoms with Gasteiger partial charge in [-0.3, -0.25) is 9.67 Å². The van der Waals surface area contributed by atoms with Gasteiger partial charge in [-0.05, 0) is 55.0 Å². The predicted octanol–water partition coefficient (Wildman–Crippen LogP) is 4.39. The Hall–Kier alpha value is -2.40. The van der Waals surface area contributed by atoms with Crippen molar-refractivity contribution in [3.63, 3.8) is 0 Å². The van der Waals surface area contributed by atoms with E-state index in [9.17, 15) is 0 Å². The lowest BCUT2D eigenvalue weighted by atomic mass is 10.2. The molecule has 0 spiro atoms. The van der Waals surface area contributed by atoms with Crippen molar-refractivity contribution in [2.45, 2.75) is 13.3 Å². The van der Waals surface area contributed by atoms with E-state index in [1.165, 1.54) is 0 Å². The summed E-state index contributed by atoms with van der Waals surface area (Å²) in [6, 6.07) is 17.9. The molecular formula is C17H17N3OS. The summed E-state index contributed by atoms with van der Waals surface area (Å²) < 4.78 is 8.11. The molecule has 0 amide bonds. The molecule has 3 aromatic rings. The van der Waals surface area contributed by atoms with E-state index in [0.29, 0.717) is 4.77 Å². The second-order valence-electron chi connectivity index (χ2n) is 4.90. The summed E-state index contributed by atoms with van der Waals surface area (Å²) in [7, 11) is 0. The molecule has 22 heavy (non-hydrogen) atoms. The molecule has 0 aliphatic heterocycles. The van der Waals surface area contributed by atoms with Gasteiger partial charge < -0.3 is 4.74 Å². The summed E-state index contributed by atoms with van der Waals surface area (Å²) in [5.74, 6) is 1.66. The second kappa shape index (κ2) is 6.58. The van der Waals surface area contributed by atoms with Gasteiger partial charge in [-0.1, -0.05) is 25.1 Å². The molecule has 0 saturated heterocycles. The van der Waals surface area contributed by atoms with Gasteiger partial charge in [0.25, 0.3) is 0 Å². The van der Waals surface area contributed by atoms with Crippen molar-refractivity contribution in [2.24, 2.45) is 0 Å². The van der Waals surface area contributed by atoms with Crippen LogP contribution < -0.4 is 4.74 Å². The zero-order valence-electron chi connectivity index (χ0n) is 12.3. The minimum atomic E-state index is 0.576. The Bertz CT molecular complexity index is 791. The van der Waals surface area contributed by atoms with E-state index in [2.05, 4.69) is 17.1 Å². The summed E-state index contributed by atoms with van der Waals surface area (Å²) >= 11 is 5.36. The first kappa shape index (κ1) is 14.5. The lowest BCUT2D eigenvalue weighted by Gasteiger charge is -2.08. The maximum Gasteiger partial charge on any atom is 0.200 e. The molecule has 1 heterocycles. The van der Waals surface area contributed by atoms with Crippen LogP contribution in [0.1, 0.15) is 13.3 Å². The monoisotopic (exact) mass is 311 g/mol. The second-order valence-corrected chi connectivity index (χ2v) is 5.28. The van der Waals surface area contributed by atoms with Gasteiger partial charge in [0, 0.05) is 11.3 Å². The van der Waals surface area contributed by atoms with Crippen molar-refractivity contribution in [1.82, 2.24) is 14.8 Å². The first-order chi connectivity index (χ1) is 10.8. The smallest absolute Gasteiger partial charge is 0.200 e. The molecule has 2 aromatic carbocycles. The van der Waals surface area contributed by atoms with E-state index in [0.717, 1.165) is 35.9 Å². The molecule has 0 radical (unpaired) electrons. The maximum absolute atomic E-state index is 5.61. The van der Waals surface area contributed by atoms with Crippen LogP contribution >= 0.6 is 12.2 Å². The zero-order chi connectivity index (χ0) is 15.4. The van der Waals surface area contributed by atoms with Crippen LogP contribution in [0.2, 0.25) is 0 Å². The minimum Gasteiger partial charge on any atom is -0.494 e. The Morgan fingerprint density at radius 3 is 2.50 bits per heavy atom. The third-order valence-electron chi connectivity index (χ3n) is 3.27. The molecule has 3 rings (SSSR count). The average Bonchev–Trinajstić information content (AvgIpc) is 2.96. The number of rotatable bonds is 5. The number of benzene rings is 2. The highest BCUT2D eigenvalue weighted by atomic mass is 32.1. The largest absolute Gasteiger partial charge is 0.494 e. The molecule has 0 fully saturated rings. The number of ether oxygens (including phenoxy) is 1. The molecule has 4 nitrogen and oxygen atoms in total. The summed E-state index contributed by atoms with van der Waals surface area (Å²) in [6.07, 6.45) is 0.994. The highest BCUT2D eigenvalue weighted by Gasteiger charge is 2.10. The first-order valence-electron chi connectivity index (χ1n) is 7.25. The zero-order valence-corrected chi connectivity index (χ0v) is 13.1. The predicted molar refractivity (Wildman–Crippen MR) is 90.0 cm³/mol. The summed E-state index contributed by atoms with van der Waals surface area (Å²) in [5, 5.41) is 7.23. The molecular weight excluding hydrogens is 294 g/mol. The Kier molecular flexibility index (Phi) is 4.34. The highest BCUT2D eigenvalue weighted by Crippen LogP contribution is 2.23. The van der Waals surface area contributed by atoms with Crippen molar-refractivity contribution >= 4 is 12.2 Å². The summed E-state index contributed by atoms with van der Waals surface area (Å²) in [4.78, 5) is 0.